The van der Waals surface area contributed by atoms with Gasteiger partial charge in [-0.25, -0.2) is 0 Å². The molecular weight excluding hydrogens is 312 g/mol. The van der Waals surface area contributed by atoms with E-state index in [0.29, 0.717) is 0 Å². The molecule has 1 aliphatic carbocycles. The molecule has 0 aliphatic heterocycles. The summed E-state index contributed by atoms with van der Waals surface area (Å²) in [5.41, 5.74) is 6.63. The Kier molecular flexibility index (Phi) is 7.36. The minimum atomic E-state index is -0.696. The molecule has 0 radical (unpaired) electrons. The van der Waals surface area contributed by atoms with Gasteiger partial charge in [0, 0.05) is 0 Å². The highest BCUT2D eigenvalue weighted by Crippen LogP contribution is 2.27. The van der Waals surface area contributed by atoms with Crippen LogP contribution in [0.25, 0.3) is 0 Å². The summed E-state index contributed by atoms with van der Waals surface area (Å²) in [7, 11) is 0. The number of nitrogens with one attached hydrogen (secondary N) is 1. The molecule has 23 heavy (non-hydrogen) atoms. The van der Waals surface area contributed by atoms with Crippen molar-refractivity contribution in [2.45, 2.75) is 70.6 Å². The quantitative estimate of drug-likeness (QED) is 0.858. The SMILES string of the molecule is CC(C)Oc1cccc(C(C)NC(=O)C2(N)CCCCC2)c1.Cl. The molecule has 0 spiro atoms. The van der Waals surface area contributed by atoms with E-state index in [1.54, 1.807) is 0 Å². The molecule has 0 saturated heterocycles. The molecule has 130 valence electrons. The Morgan fingerprint density at radius 3 is 2.48 bits per heavy atom. The highest BCUT2D eigenvalue weighted by molar-refractivity contribution is 5.86. The minimum absolute atomic E-state index is 0. The van der Waals surface area contributed by atoms with Crippen LogP contribution in [0.3, 0.4) is 0 Å². The van der Waals surface area contributed by atoms with Gasteiger partial charge in [-0.2, -0.15) is 0 Å². The predicted molar refractivity (Wildman–Crippen MR) is 96.0 cm³/mol. The molecule has 0 aromatic heterocycles. The first-order valence-corrected chi connectivity index (χ1v) is 8.27. The lowest BCUT2D eigenvalue weighted by molar-refractivity contribution is -0.128. The molecule has 1 amide bonds. The van der Waals surface area contributed by atoms with Crippen LogP contribution in [0.15, 0.2) is 24.3 Å². The van der Waals surface area contributed by atoms with E-state index in [4.69, 9.17) is 10.5 Å². The fourth-order valence-corrected chi connectivity index (χ4v) is 2.96. The van der Waals surface area contributed by atoms with Gasteiger partial charge < -0.3 is 15.8 Å². The average Bonchev–Trinajstić information content (AvgIpc) is 2.47. The predicted octanol–water partition coefficient (Wildman–Crippen LogP) is 3.73. The summed E-state index contributed by atoms with van der Waals surface area (Å²) in [6.07, 6.45) is 4.95. The van der Waals surface area contributed by atoms with Crippen LogP contribution in [-0.4, -0.2) is 17.6 Å². The molecule has 1 saturated carbocycles. The number of benzene rings is 1. The van der Waals surface area contributed by atoms with Gasteiger partial charge in [0.25, 0.3) is 0 Å². The van der Waals surface area contributed by atoms with Crippen molar-refractivity contribution < 1.29 is 9.53 Å². The van der Waals surface area contributed by atoms with Gasteiger partial charge in [0.2, 0.25) is 5.91 Å². The lowest BCUT2D eigenvalue weighted by Gasteiger charge is -2.33. The molecule has 1 atom stereocenters. The van der Waals surface area contributed by atoms with Crippen molar-refractivity contribution in [3.05, 3.63) is 29.8 Å². The van der Waals surface area contributed by atoms with E-state index < -0.39 is 5.54 Å². The van der Waals surface area contributed by atoms with Crippen molar-refractivity contribution in [2.75, 3.05) is 0 Å². The first-order chi connectivity index (χ1) is 10.4. The normalized spacial score (nSPS) is 18.0. The van der Waals surface area contributed by atoms with Crippen molar-refractivity contribution in [3.8, 4) is 5.75 Å². The van der Waals surface area contributed by atoms with E-state index in [1.807, 2.05) is 45.0 Å². The van der Waals surface area contributed by atoms with E-state index in [2.05, 4.69) is 5.32 Å². The Hall–Kier alpha value is -1.26. The molecule has 3 N–H and O–H groups in total. The smallest absolute Gasteiger partial charge is 0.240 e. The Morgan fingerprint density at radius 2 is 1.87 bits per heavy atom. The van der Waals surface area contributed by atoms with Crippen LogP contribution in [0, 0.1) is 0 Å². The number of carbonyl (C=O) groups excluding carboxylic acids is 1. The number of rotatable bonds is 5. The third-order valence-corrected chi connectivity index (χ3v) is 4.28. The monoisotopic (exact) mass is 340 g/mol. The lowest BCUT2D eigenvalue weighted by atomic mass is 9.81. The van der Waals surface area contributed by atoms with E-state index in [0.717, 1.165) is 37.0 Å². The van der Waals surface area contributed by atoms with E-state index >= 15 is 0 Å². The van der Waals surface area contributed by atoms with Crippen LogP contribution in [0.5, 0.6) is 5.75 Å². The maximum Gasteiger partial charge on any atom is 0.240 e. The second-order valence-corrected chi connectivity index (χ2v) is 6.65. The highest BCUT2D eigenvalue weighted by Gasteiger charge is 2.35. The van der Waals surface area contributed by atoms with Crippen LogP contribution in [0.1, 0.15) is 64.5 Å². The molecule has 1 aliphatic rings. The van der Waals surface area contributed by atoms with Gasteiger partial charge in [-0.1, -0.05) is 31.4 Å². The van der Waals surface area contributed by atoms with Gasteiger partial charge in [-0.05, 0) is 51.3 Å². The topological polar surface area (TPSA) is 64.3 Å². The first kappa shape index (κ1) is 19.8. The largest absolute Gasteiger partial charge is 0.491 e. The molecule has 1 fully saturated rings. The molecule has 1 aromatic carbocycles. The minimum Gasteiger partial charge on any atom is -0.491 e. The van der Waals surface area contributed by atoms with Gasteiger partial charge in [0.05, 0.1) is 17.7 Å². The molecule has 0 bridgehead atoms. The van der Waals surface area contributed by atoms with Gasteiger partial charge in [0.15, 0.2) is 0 Å². The van der Waals surface area contributed by atoms with Gasteiger partial charge >= 0.3 is 0 Å². The van der Waals surface area contributed by atoms with Crippen molar-refractivity contribution in [3.63, 3.8) is 0 Å². The number of nitrogens with two attached hydrogens (primary N) is 1. The number of ether oxygens (including phenoxy) is 1. The summed E-state index contributed by atoms with van der Waals surface area (Å²) in [4.78, 5) is 12.5. The zero-order chi connectivity index (χ0) is 16.2. The zero-order valence-corrected chi connectivity index (χ0v) is 15.1. The number of halogens is 1. The summed E-state index contributed by atoms with van der Waals surface area (Å²) in [6.45, 7) is 5.98. The first-order valence-electron chi connectivity index (χ1n) is 8.27. The summed E-state index contributed by atoms with van der Waals surface area (Å²) in [6, 6.07) is 7.79. The third kappa shape index (κ3) is 5.40. The lowest BCUT2D eigenvalue weighted by Crippen LogP contribution is -2.55. The van der Waals surface area contributed by atoms with Crippen molar-refractivity contribution in [2.24, 2.45) is 5.73 Å². The third-order valence-electron chi connectivity index (χ3n) is 4.28. The fourth-order valence-electron chi connectivity index (χ4n) is 2.96. The second-order valence-electron chi connectivity index (χ2n) is 6.65. The Morgan fingerprint density at radius 1 is 1.22 bits per heavy atom. The zero-order valence-electron chi connectivity index (χ0n) is 14.3. The van der Waals surface area contributed by atoms with Crippen LogP contribution >= 0.6 is 12.4 Å². The Labute approximate surface area is 145 Å². The van der Waals surface area contributed by atoms with Gasteiger partial charge in [-0.3, -0.25) is 4.79 Å². The van der Waals surface area contributed by atoms with Gasteiger partial charge in [0.1, 0.15) is 5.75 Å². The summed E-state index contributed by atoms with van der Waals surface area (Å²) in [5, 5.41) is 3.07. The summed E-state index contributed by atoms with van der Waals surface area (Å²) >= 11 is 0. The number of carbonyl (C=O) groups is 1. The fraction of sp³-hybridized carbons (Fsp3) is 0.611. The van der Waals surface area contributed by atoms with Crippen molar-refractivity contribution in [1.82, 2.24) is 5.32 Å². The van der Waals surface area contributed by atoms with Crippen molar-refractivity contribution in [1.29, 1.82) is 0 Å². The number of hydrogen-bond donors (Lipinski definition) is 2. The molecule has 1 aromatic rings. The molecule has 4 nitrogen and oxygen atoms in total. The number of amides is 1. The Bertz CT molecular complexity index is 513. The Balaban J connectivity index is 0.00000264. The summed E-state index contributed by atoms with van der Waals surface area (Å²) in [5.74, 6) is 0.795. The number of hydrogen-bond acceptors (Lipinski definition) is 3. The van der Waals surface area contributed by atoms with E-state index in [9.17, 15) is 4.79 Å². The highest BCUT2D eigenvalue weighted by atomic mass is 35.5. The standard InChI is InChI=1S/C18H28N2O2.ClH/c1-13(2)22-16-9-7-8-15(12-16)14(3)20-17(21)18(19)10-5-4-6-11-18;/h7-9,12-14H,4-6,10-11,19H2,1-3H3,(H,20,21);1H. The van der Waals surface area contributed by atoms with E-state index in [1.165, 1.54) is 6.42 Å². The van der Waals surface area contributed by atoms with E-state index in [-0.39, 0.29) is 30.5 Å². The van der Waals surface area contributed by atoms with Crippen molar-refractivity contribution >= 4 is 18.3 Å². The molecule has 5 heteroatoms. The van der Waals surface area contributed by atoms with Crippen LogP contribution in [0.4, 0.5) is 0 Å². The maximum absolute atomic E-state index is 12.5. The second kappa shape index (κ2) is 8.55. The molecule has 1 unspecified atom stereocenters. The van der Waals surface area contributed by atoms with Gasteiger partial charge in [-0.15, -0.1) is 12.4 Å². The molecule has 2 rings (SSSR count). The maximum atomic E-state index is 12.5. The van der Waals surface area contributed by atoms with Crippen LogP contribution in [0.2, 0.25) is 0 Å². The van der Waals surface area contributed by atoms with Crippen LogP contribution in [-0.2, 0) is 4.79 Å². The van der Waals surface area contributed by atoms with Crippen LogP contribution < -0.4 is 15.8 Å². The molecular formula is C18H29ClN2O2. The average molecular weight is 341 g/mol. The molecule has 0 heterocycles. The summed E-state index contributed by atoms with van der Waals surface area (Å²) < 4.78 is 5.71.